The summed E-state index contributed by atoms with van der Waals surface area (Å²) >= 11 is 6.24. The molecule has 1 nitrogen and oxygen atoms in total. The maximum Gasteiger partial charge on any atom is 0.0646 e. The second kappa shape index (κ2) is 3.28. The molecule has 1 aliphatic heterocycles. The fraction of sp³-hybridized carbons (Fsp3) is 0.385. The number of nitrogens with one attached hydrogen (secondary N) is 1. The second-order valence-electron chi connectivity index (χ2n) is 5.15. The maximum atomic E-state index is 6.24. The summed E-state index contributed by atoms with van der Waals surface area (Å²) in [5.74, 6) is 0. The van der Waals surface area contributed by atoms with Gasteiger partial charge in [0.25, 0.3) is 0 Å². The molecular formula is C13H16ClN. The Morgan fingerprint density at radius 3 is 2.60 bits per heavy atom. The normalized spacial score (nSPS) is 15.1. The first-order valence-electron chi connectivity index (χ1n) is 5.15. The largest absolute Gasteiger partial charge is 0.358 e. The summed E-state index contributed by atoms with van der Waals surface area (Å²) < 4.78 is 0. The highest BCUT2D eigenvalue weighted by Gasteiger charge is 2.21. The second-order valence-corrected chi connectivity index (χ2v) is 5.55. The van der Waals surface area contributed by atoms with E-state index in [-0.39, 0.29) is 5.41 Å². The Kier molecular flexibility index (Phi) is 2.31. The molecule has 1 aliphatic rings. The Bertz CT molecular complexity index is 427. The Morgan fingerprint density at radius 1 is 1.33 bits per heavy atom. The molecule has 1 aromatic rings. The van der Waals surface area contributed by atoms with Gasteiger partial charge < -0.3 is 5.32 Å². The quantitative estimate of drug-likeness (QED) is 0.695. The van der Waals surface area contributed by atoms with Crippen molar-refractivity contribution in [3.63, 3.8) is 0 Å². The molecule has 0 amide bonds. The van der Waals surface area contributed by atoms with Crippen LogP contribution < -0.4 is 5.32 Å². The zero-order valence-corrected chi connectivity index (χ0v) is 10.2. The highest BCUT2D eigenvalue weighted by atomic mass is 35.5. The lowest BCUT2D eigenvalue weighted by molar-refractivity contribution is 0.590. The minimum atomic E-state index is 0.141. The minimum Gasteiger partial charge on any atom is -0.358 e. The summed E-state index contributed by atoms with van der Waals surface area (Å²) in [6, 6.07) is 4.28. The summed E-state index contributed by atoms with van der Waals surface area (Å²) in [4.78, 5) is 0. The number of halogens is 1. The standard InChI is InChI=1S/C13H16ClN/c1-8-5-9-6-10(13(2,3)4)7-11(14)12(9)15-8/h6-7,15H,1,5H2,2-4H3. The van der Waals surface area contributed by atoms with Gasteiger partial charge in [-0.05, 0) is 22.6 Å². The van der Waals surface area contributed by atoms with Crippen molar-refractivity contribution in [3.8, 4) is 0 Å². The lowest BCUT2D eigenvalue weighted by atomic mass is 9.86. The maximum absolute atomic E-state index is 6.24. The van der Waals surface area contributed by atoms with Gasteiger partial charge >= 0.3 is 0 Å². The van der Waals surface area contributed by atoms with Crippen molar-refractivity contribution in [2.75, 3.05) is 5.32 Å². The van der Waals surface area contributed by atoms with E-state index in [2.05, 4.69) is 38.7 Å². The van der Waals surface area contributed by atoms with E-state index in [4.69, 9.17) is 11.6 Å². The van der Waals surface area contributed by atoms with Gasteiger partial charge in [0.15, 0.2) is 0 Å². The molecule has 1 heterocycles. The van der Waals surface area contributed by atoms with E-state index < -0.39 is 0 Å². The van der Waals surface area contributed by atoms with E-state index in [1.807, 2.05) is 6.07 Å². The molecule has 0 saturated heterocycles. The molecule has 2 rings (SSSR count). The lowest BCUT2D eigenvalue weighted by Gasteiger charge is -2.20. The van der Waals surface area contributed by atoms with Gasteiger partial charge in [-0.2, -0.15) is 0 Å². The summed E-state index contributed by atoms with van der Waals surface area (Å²) in [6.45, 7) is 10.5. The van der Waals surface area contributed by atoms with Crippen molar-refractivity contribution >= 4 is 17.3 Å². The van der Waals surface area contributed by atoms with Gasteiger partial charge in [-0.1, -0.05) is 45.0 Å². The molecule has 2 heteroatoms. The first kappa shape index (κ1) is 10.6. The van der Waals surface area contributed by atoms with Gasteiger partial charge in [0, 0.05) is 12.1 Å². The predicted octanol–water partition coefficient (Wildman–Crippen LogP) is 4.12. The van der Waals surface area contributed by atoms with Crippen LogP contribution in [0, 0.1) is 0 Å². The third-order valence-corrected chi connectivity index (χ3v) is 3.04. The first-order chi connectivity index (χ1) is 6.88. The SMILES string of the molecule is C=C1Cc2cc(C(C)(C)C)cc(Cl)c2N1. The van der Waals surface area contributed by atoms with Crippen molar-refractivity contribution in [1.29, 1.82) is 0 Å². The molecule has 0 bridgehead atoms. The Morgan fingerprint density at radius 2 is 2.00 bits per heavy atom. The first-order valence-corrected chi connectivity index (χ1v) is 5.53. The molecule has 0 saturated carbocycles. The average Bonchev–Trinajstić information content (AvgIpc) is 2.44. The number of hydrogen-bond acceptors (Lipinski definition) is 1. The minimum absolute atomic E-state index is 0.141. The fourth-order valence-electron chi connectivity index (χ4n) is 1.83. The molecule has 80 valence electrons. The zero-order chi connectivity index (χ0) is 11.2. The number of anilines is 1. The Hall–Kier alpha value is -0.950. The van der Waals surface area contributed by atoms with Gasteiger partial charge in [0.05, 0.1) is 10.7 Å². The van der Waals surface area contributed by atoms with Gasteiger partial charge in [-0.25, -0.2) is 0 Å². The van der Waals surface area contributed by atoms with Crippen molar-refractivity contribution < 1.29 is 0 Å². The van der Waals surface area contributed by atoms with Crippen LogP contribution >= 0.6 is 11.6 Å². The van der Waals surface area contributed by atoms with Gasteiger partial charge in [-0.15, -0.1) is 0 Å². The van der Waals surface area contributed by atoms with Crippen molar-refractivity contribution in [3.05, 3.63) is 40.6 Å². The van der Waals surface area contributed by atoms with E-state index in [0.29, 0.717) is 0 Å². The highest BCUT2D eigenvalue weighted by Crippen LogP contribution is 2.38. The van der Waals surface area contributed by atoms with E-state index in [0.717, 1.165) is 22.8 Å². The molecule has 15 heavy (non-hydrogen) atoms. The molecule has 0 aliphatic carbocycles. The lowest BCUT2D eigenvalue weighted by Crippen LogP contribution is -2.11. The van der Waals surface area contributed by atoms with Crippen LogP contribution in [-0.4, -0.2) is 0 Å². The monoisotopic (exact) mass is 221 g/mol. The van der Waals surface area contributed by atoms with Gasteiger partial charge in [0.1, 0.15) is 0 Å². The summed E-state index contributed by atoms with van der Waals surface area (Å²) in [5.41, 5.74) is 4.75. The summed E-state index contributed by atoms with van der Waals surface area (Å²) in [7, 11) is 0. The van der Waals surface area contributed by atoms with Crippen molar-refractivity contribution in [2.45, 2.75) is 32.6 Å². The topological polar surface area (TPSA) is 12.0 Å². The third-order valence-electron chi connectivity index (χ3n) is 2.74. The van der Waals surface area contributed by atoms with Crippen LogP contribution in [-0.2, 0) is 11.8 Å². The van der Waals surface area contributed by atoms with Gasteiger partial charge in [-0.3, -0.25) is 0 Å². The fourth-order valence-corrected chi connectivity index (χ4v) is 2.11. The van der Waals surface area contributed by atoms with E-state index >= 15 is 0 Å². The molecule has 1 aromatic carbocycles. The van der Waals surface area contributed by atoms with Crippen LogP contribution in [0.4, 0.5) is 5.69 Å². The van der Waals surface area contributed by atoms with Gasteiger partial charge in [0.2, 0.25) is 0 Å². The predicted molar refractivity (Wildman–Crippen MR) is 66.6 cm³/mol. The van der Waals surface area contributed by atoms with Crippen LogP contribution in [0.15, 0.2) is 24.4 Å². The van der Waals surface area contributed by atoms with Crippen molar-refractivity contribution in [2.24, 2.45) is 0 Å². The number of hydrogen-bond donors (Lipinski definition) is 1. The van der Waals surface area contributed by atoms with Crippen LogP contribution in [0.1, 0.15) is 31.9 Å². The Labute approximate surface area is 96.1 Å². The molecule has 0 aromatic heterocycles. The molecule has 0 fully saturated rings. The third kappa shape index (κ3) is 1.89. The summed E-state index contributed by atoms with van der Waals surface area (Å²) in [6.07, 6.45) is 0.888. The van der Waals surface area contributed by atoms with E-state index in [9.17, 15) is 0 Å². The molecule has 0 atom stereocenters. The van der Waals surface area contributed by atoms with E-state index in [1.54, 1.807) is 0 Å². The van der Waals surface area contributed by atoms with Crippen LogP contribution in [0.3, 0.4) is 0 Å². The number of benzene rings is 1. The average molecular weight is 222 g/mol. The van der Waals surface area contributed by atoms with Crippen LogP contribution in [0.5, 0.6) is 0 Å². The van der Waals surface area contributed by atoms with Crippen molar-refractivity contribution in [1.82, 2.24) is 0 Å². The smallest absolute Gasteiger partial charge is 0.0646 e. The molecule has 0 radical (unpaired) electrons. The molecule has 0 unspecified atom stereocenters. The zero-order valence-electron chi connectivity index (χ0n) is 9.45. The molecular weight excluding hydrogens is 206 g/mol. The summed E-state index contributed by atoms with van der Waals surface area (Å²) in [5, 5.41) is 4.02. The number of allylic oxidation sites excluding steroid dienone is 1. The highest BCUT2D eigenvalue weighted by molar-refractivity contribution is 6.33. The Balaban J connectivity index is 2.54. The van der Waals surface area contributed by atoms with Crippen LogP contribution in [0.25, 0.3) is 0 Å². The van der Waals surface area contributed by atoms with Crippen LogP contribution in [0.2, 0.25) is 5.02 Å². The molecule has 1 N–H and O–H groups in total. The number of rotatable bonds is 0. The van der Waals surface area contributed by atoms with E-state index in [1.165, 1.54) is 11.1 Å². The number of fused-ring (bicyclic) bond motifs is 1. The molecule has 0 spiro atoms.